The van der Waals surface area contributed by atoms with Crippen molar-refractivity contribution in [3.63, 3.8) is 0 Å². The number of benzene rings is 2. The molecule has 0 aliphatic rings. The fourth-order valence-electron chi connectivity index (χ4n) is 3.32. The molecule has 0 fully saturated rings. The van der Waals surface area contributed by atoms with Crippen LogP contribution in [0.2, 0.25) is 20.1 Å². The molecule has 0 radical (unpaired) electrons. The molecule has 0 heterocycles. The normalized spacial score (nSPS) is 12.2. The van der Waals surface area contributed by atoms with E-state index in [1.165, 1.54) is 23.1 Å². The van der Waals surface area contributed by atoms with E-state index in [-0.39, 0.29) is 34.6 Å². The maximum absolute atomic E-state index is 13.6. The second kappa shape index (κ2) is 12.3. The average molecular weight is 569 g/mol. The zero-order chi connectivity index (χ0) is 25.6. The third kappa shape index (κ3) is 7.15. The predicted molar refractivity (Wildman–Crippen MR) is 138 cm³/mol. The quantitative estimate of drug-likeness (QED) is 0.436. The van der Waals surface area contributed by atoms with E-state index in [0.717, 1.165) is 10.6 Å². The van der Waals surface area contributed by atoms with Gasteiger partial charge in [-0.15, -0.1) is 0 Å². The summed E-state index contributed by atoms with van der Waals surface area (Å²) >= 11 is 24.7. The number of likely N-dealkylation sites (N-methyl/N-ethyl adjacent to an activating group) is 1. The molecule has 0 spiro atoms. The summed E-state index contributed by atoms with van der Waals surface area (Å²) in [5, 5.41) is 3.72. The summed E-state index contributed by atoms with van der Waals surface area (Å²) in [6.07, 6.45) is 1.25. The lowest BCUT2D eigenvalue weighted by atomic mass is 10.1. The number of rotatable bonds is 10. The molecule has 2 aromatic rings. The van der Waals surface area contributed by atoms with Crippen molar-refractivity contribution in [2.24, 2.45) is 0 Å². The van der Waals surface area contributed by atoms with Crippen molar-refractivity contribution in [3.05, 3.63) is 62.1 Å². The molecule has 0 saturated carbocycles. The predicted octanol–water partition coefficient (Wildman–Crippen LogP) is 5.01. The first kappa shape index (κ1) is 28.5. The second-order valence-electron chi connectivity index (χ2n) is 7.41. The van der Waals surface area contributed by atoms with Crippen LogP contribution in [0.15, 0.2) is 36.4 Å². The number of nitrogens with zero attached hydrogens (tertiary/aromatic N) is 2. The zero-order valence-corrected chi connectivity index (χ0v) is 22.7. The van der Waals surface area contributed by atoms with Crippen LogP contribution in [0.4, 0.5) is 5.69 Å². The van der Waals surface area contributed by atoms with Crippen molar-refractivity contribution in [3.8, 4) is 0 Å². The summed E-state index contributed by atoms with van der Waals surface area (Å²) < 4.78 is 26.1. The zero-order valence-electron chi connectivity index (χ0n) is 18.8. The number of nitrogens with one attached hydrogen (secondary N) is 1. The van der Waals surface area contributed by atoms with Gasteiger partial charge in [-0.25, -0.2) is 8.42 Å². The lowest BCUT2D eigenvalue weighted by Gasteiger charge is -2.33. The highest BCUT2D eigenvalue weighted by molar-refractivity contribution is 7.92. The Labute approximate surface area is 220 Å². The number of anilines is 1. The first-order valence-corrected chi connectivity index (χ1v) is 13.7. The number of hydrogen-bond donors (Lipinski definition) is 1. The van der Waals surface area contributed by atoms with Crippen LogP contribution in [0.3, 0.4) is 0 Å². The number of amides is 2. The molecule has 7 nitrogen and oxygen atoms in total. The topological polar surface area (TPSA) is 86.8 Å². The standard InChI is InChI=1S/C22H25Cl4N3O4S/c1-4-20(22(31)27-5-2)28(12-15-16(23)7-6-8-17(15)24)21(30)13-29(34(3,32)33)14-9-10-18(25)19(26)11-14/h6-11,20H,4-5,12-13H2,1-3H3,(H,27,31). The Kier molecular flexibility index (Phi) is 10.3. The van der Waals surface area contributed by atoms with E-state index < -0.39 is 28.5 Å². The van der Waals surface area contributed by atoms with E-state index >= 15 is 0 Å². The van der Waals surface area contributed by atoms with E-state index in [4.69, 9.17) is 46.4 Å². The summed E-state index contributed by atoms with van der Waals surface area (Å²) in [7, 11) is -3.90. The van der Waals surface area contributed by atoms with Crippen molar-refractivity contribution in [2.45, 2.75) is 32.9 Å². The van der Waals surface area contributed by atoms with Crippen LogP contribution in [0.25, 0.3) is 0 Å². The van der Waals surface area contributed by atoms with Gasteiger partial charge in [0.25, 0.3) is 0 Å². The molecule has 0 bridgehead atoms. The van der Waals surface area contributed by atoms with Gasteiger partial charge in [0.05, 0.1) is 22.0 Å². The number of carbonyl (C=O) groups excluding carboxylic acids is 2. The first-order valence-electron chi connectivity index (χ1n) is 10.3. The fourth-order valence-corrected chi connectivity index (χ4v) is 4.97. The number of carbonyl (C=O) groups is 2. The van der Waals surface area contributed by atoms with Crippen LogP contribution >= 0.6 is 46.4 Å². The summed E-state index contributed by atoms with van der Waals surface area (Å²) in [6, 6.07) is 8.26. The van der Waals surface area contributed by atoms with Gasteiger partial charge in [0.2, 0.25) is 21.8 Å². The first-order chi connectivity index (χ1) is 15.9. The van der Waals surface area contributed by atoms with E-state index in [1.807, 2.05) is 0 Å². The number of halogens is 4. The van der Waals surface area contributed by atoms with Crippen molar-refractivity contribution in [2.75, 3.05) is 23.7 Å². The van der Waals surface area contributed by atoms with Gasteiger partial charge in [-0.3, -0.25) is 13.9 Å². The lowest BCUT2D eigenvalue weighted by Crippen LogP contribution is -2.52. The highest BCUT2D eigenvalue weighted by Gasteiger charge is 2.32. The molecule has 2 amide bonds. The molecule has 1 unspecified atom stereocenters. The summed E-state index contributed by atoms with van der Waals surface area (Å²) in [4.78, 5) is 27.6. The minimum atomic E-state index is -3.90. The van der Waals surface area contributed by atoms with Gasteiger partial charge < -0.3 is 10.2 Å². The van der Waals surface area contributed by atoms with Crippen LogP contribution in [0.5, 0.6) is 0 Å². The smallest absolute Gasteiger partial charge is 0.244 e. The van der Waals surface area contributed by atoms with E-state index in [1.54, 1.807) is 32.0 Å². The number of hydrogen-bond acceptors (Lipinski definition) is 4. The summed E-state index contributed by atoms with van der Waals surface area (Å²) in [5.41, 5.74) is 0.606. The molecule has 34 heavy (non-hydrogen) atoms. The molecule has 2 rings (SSSR count). The van der Waals surface area contributed by atoms with E-state index in [2.05, 4.69) is 5.32 Å². The monoisotopic (exact) mass is 567 g/mol. The van der Waals surface area contributed by atoms with Gasteiger partial charge in [-0.1, -0.05) is 59.4 Å². The van der Waals surface area contributed by atoms with Crippen LogP contribution < -0.4 is 9.62 Å². The maximum Gasteiger partial charge on any atom is 0.244 e. The highest BCUT2D eigenvalue weighted by Crippen LogP contribution is 2.30. The van der Waals surface area contributed by atoms with Gasteiger partial charge >= 0.3 is 0 Å². The van der Waals surface area contributed by atoms with Crippen LogP contribution in [0.1, 0.15) is 25.8 Å². The summed E-state index contributed by atoms with van der Waals surface area (Å²) in [5.74, 6) is -0.993. The maximum atomic E-state index is 13.6. The molecule has 1 atom stereocenters. The van der Waals surface area contributed by atoms with Gasteiger partial charge in [0.15, 0.2) is 0 Å². The minimum Gasteiger partial charge on any atom is -0.355 e. The Balaban J connectivity index is 2.51. The van der Waals surface area contributed by atoms with Crippen molar-refractivity contribution in [1.29, 1.82) is 0 Å². The van der Waals surface area contributed by atoms with Crippen LogP contribution in [-0.4, -0.2) is 50.5 Å². The average Bonchev–Trinajstić information content (AvgIpc) is 2.75. The Morgan fingerprint density at radius 2 is 1.59 bits per heavy atom. The Bertz CT molecular complexity index is 1140. The van der Waals surface area contributed by atoms with E-state index in [0.29, 0.717) is 22.2 Å². The highest BCUT2D eigenvalue weighted by atomic mass is 35.5. The van der Waals surface area contributed by atoms with Crippen LogP contribution in [-0.2, 0) is 26.2 Å². The fraction of sp³-hybridized carbons (Fsp3) is 0.364. The van der Waals surface area contributed by atoms with Gasteiger partial charge in [0, 0.05) is 28.7 Å². The molecule has 0 aromatic heterocycles. The van der Waals surface area contributed by atoms with Crippen LogP contribution in [0, 0.1) is 0 Å². The van der Waals surface area contributed by atoms with Gasteiger partial charge in [-0.2, -0.15) is 0 Å². The Morgan fingerprint density at radius 3 is 2.09 bits per heavy atom. The van der Waals surface area contributed by atoms with Crippen molar-refractivity contribution in [1.82, 2.24) is 10.2 Å². The molecular formula is C22H25Cl4N3O4S. The second-order valence-corrected chi connectivity index (χ2v) is 10.9. The molecule has 2 aromatic carbocycles. The van der Waals surface area contributed by atoms with E-state index in [9.17, 15) is 18.0 Å². The largest absolute Gasteiger partial charge is 0.355 e. The molecule has 1 N–H and O–H groups in total. The third-order valence-corrected chi connectivity index (χ3v) is 7.59. The SMILES string of the molecule is CCNC(=O)C(CC)N(Cc1c(Cl)cccc1Cl)C(=O)CN(c1ccc(Cl)c(Cl)c1)S(C)(=O)=O. The van der Waals surface area contributed by atoms with Gasteiger partial charge in [0.1, 0.15) is 12.6 Å². The lowest BCUT2D eigenvalue weighted by molar-refractivity contribution is -0.140. The molecule has 12 heteroatoms. The van der Waals surface area contributed by atoms with Gasteiger partial charge in [-0.05, 0) is 43.7 Å². The Morgan fingerprint density at radius 1 is 0.971 bits per heavy atom. The summed E-state index contributed by atoms with van der Waals surface area (Å²) in [6.45, 7) is 3.21. The third-order valence-electron chi connectivity index (χ3n) is 5.00. The molecule has 0 aliphatic heterocycles. The minimum absolute atomic E-state index is 0.0913. The Hall–Kier alpha value is -1.71. The molecule has 186 valence electrons. The van der Waals surface area contributed by atoms with Crippen molar-refractivity contribution < 1.29 is 18.0 Å². The van der Waals surface area contributed by atoms with Crippen molar-refractivity contribution >= 4 is 73.9 Å². The number of sulfonamides is 1. The molecule has 0 saturated heterocycles. The molecular weight excluding hydrogens is 544 g/mol. The molecule has 0 aliphatic carbocycles.